The molecular formula is C23H28N4O2S. The fourth-order valence-electron chi connectivity index (χ4n) is 3.87. The summed E-state index contributed by atoms with van der Waals surface area (Å²) in [4.78, 5) is 23.9. The van der Waals surface area contributed by atoms with Gasteiger partial charge in [-0.15, -0.1) is 0 Å². The molecule has 0 spiro atoms. The van der Waals surface area contributed by atoms with Crippen molar-refractivity contribution in [2.24, 2.45) is 0 Å². The van der Waals surface area contributed by atoms with Gasteiger partial charge < -0.3 is 19.4 Å². The fourth-order valence-corrected chi connectivity index (χ4v) is 4.81. The average Bonchev–Trinajstić information content (AvgIpc) is 3.20. The van der Waals surface area contributed by atoms with Crippen LogP contribution in [0.4, 0.5) is 10.8 Å². The summed E-state index contributed by atoms with van der Waals surface area (Å²) in [6.45, 7) is 7.80. The summed E-state index contributed by atoms with van der Waals surface area (Å²) in [7, 11) is 3.58. The van der Waals surface area contributed by atoms with E-state index in [4.69, 9.17) is 9.72 Å². The van der Waals surface area contributed by atoms with E-state index in [1.807, 2.05) is 35.0 Å². The number of amides is 1. The van der Waals surface area contributed by atoms with Gasteiger partial charge in [-0.3, -0.25) is 4.79 Å². The molecule has 0 N–H and O–H groups in total. The number of likely N-dealkylation sites (N-methyl/N-ethyl adjacent to an activating group) is 1. The minimum Gasteiger partial charge on any atom is -0.494 e. The van der Waals surface area contributed by atoms with Gasteiger partial charge in [0.2, 0.25) is 5.91 Å². The molecule has 0 bridgehead atoms. The van der Waals surface area contributed by atoms with Crippen LogP contribution in [0, 0.1) is 13.8 Å². The van der Waals surface area contributed by atoms with E-state index in [2.05, 4.69) is 36.9 Å². The number of aromatic nitrogens is 1. The number of hydrogen-bond acceptors (Lipinski definition) is 6. The number of nitrogens with zero attached hydrogens (tertiary/aromatic N) is 4. The van der Waals surface area contributed by atoms with Crippen molar-refractivity contribution < 1.29 is 9.53 Å². The number of aryl methyl sites for hydroxylation is 2. The Labute approximate surface area is 181 Å². The van der Waals surface area contributed by atoms with Crippen molar-refractivity contribution >= 4 is 38.3 Å². The maximum absolute atomic E-state index is 12.9. The third-order valence-electron chi connectivity index (χ3n) is 5.63. The lowest BCUT2D eigenvalue weighted by Gasteiger charge is -2.37. The quantitative estimate of drug-likeness (QED) is 0.625. The second-order valence-electron chi connectivity index (χ2n) is 7.82. The molecule has 0 radical (unpaired) electrons. The Morgan fingerprint density at radius 2 is 1.93 bits per heavy atom. The average molecular weight is 425 g/mol. The number of thiazole rings is 1. The first kappa shape index (κ1) is 20.5. The molecule has 0 atom stereocenters. The smallest absolute Gasteiger partial charge is 0.242 e. The van der Waals surface area contributed by atoms with Gasteiger partial charge in [0.05, 0.1) is 18.4 Å². The number of anilines is 2. The first-order valence-electron chi connectivity index (χ1n) is 10.2. The molecule has 0 saturated carbocycles. The van der Waals surface area contributed by atoms with Crippen molar-refractivity contribution in [3.8, 4) is 5.75 Å². The van der Waals surface area contributed by atoms with Gasteiger partial charge in [-0.2, -0.15) is 0 Å². The molecule has 1 aliphatic heterocycles. The second-order valence-corrected chi connectivity index (χ2v) is 8.83. The predicted octanol–water partition coefficient (Wildman–Crippen LogP) is 3.71. The van der Waals surface area contributed by atoms with E-state index in [0.29, 0.717) is 6.54 Å². The summed E-state index contributed by atoms with van der Waals surface area (Å²) in [6, 6.07) is 12.5. The topological polar surface area (TPSA) is 48.9 Å². The fraction of sp³-hybridized carbons (Fsp3) is 0.391. The highest BCUT2D eigenvalue weighted by molar-refractivity contribution is 7.22. The number of methoxy groups -OCH3 is 1. The molecule has 1 aliphatic rings. The van der Waals surface area contributed by atoms with Crippen molar-refractivity contribution in [1.82, 2.24) is 9.88 Å². The molecular weight excluding hydrogens is 396 g/mol. The summed E-state index contributed by atoms with van der Waals surface area (Å²) in [5.41, 5.74) is 4.68. The molecule has 2 heterocycles. The Hall–Kier alpha value is -2.80. The summed E-state index contributed by atoms with van der Waals surface area (Å²) >= 11 is 1.58. The summed E-state index contributed by atoms with van der Waals surface area (Å²) in [6.07, 6.45) is 0. The van der Waals surface area contributed by atoms with E-state index in [0.717, 1.165) is 47.3 Å². The van der Waals surface area contributed by atoms with Gasteiger partial charge in [0.1, 0.15) is 11.3 Å². The van der Waals surface area contributed by atoms with E-state index < -0.39 is 0 Å². The molecule has 1 fully saturated rings. The summed E-state index contributed by atoms with van der Waals surface area (Å²) < 4.78 is 6.47. The van der Waals surface area contributed by atoms with Gasteiger partial charge in [-0.25, -0.2) is 4.98 Å². The van der Waals surface area contributed by atoms with E-state index in [-0.39, 0.29) is 5.91 Å². The van der Waals surface area contributed by atoms with Gasteiger partial charge >= 0.3 is 0 Å². The third-order valence-corrected chi connectivity index (χ3v) is 6.76. The molecule has 0 unspecified atom stereocenters. The second kappa shape index (κ2) is 8.52. The lowest BCUT2D eigenvalue weighted by molar-refractivity contribution is -0.129. The van der Waals surface area contributed by atoms with Crippen LogP contribution in [0.3, 0.4) is 0 Å². The van der Waals surface area contributed by atoms with Crippen LogP contribution in [-0.4, -0.2) is 62.7 Å². The van der Waals surface area contributed by atoms with Crippen molar-refractivity contribution in [3.63, 3.8) is 0 Å². The number of carbonyl (C=O) groups excluding carboxylic acids is 1. The zero-order valence-corrected chi connectivity index (χ0v) is 18.8. The van der Waals surface area contributed by atoms with Gasteiger partial charge in [0.25, 0.3) is 0 Å². The SMILES string of the molecule is COc1cccc2sc(N(C)CC(=O)N3CCN(c4cc(C)ccc4C)CC3)nc12. The summed E-state index contributed by atoms with van der Waals surface area (Å²) in [5, 5.41) is 0.830. The molecule has 30 heavy (non-hydrogen) atoms. The minimum absolute atomic E-state index is 0.143. The lowest BCUT2D eigenvalue weighted by Crippen LogP contribution is -2.51. The van der Waals surface area contributed by atoms with Crippen molar-refractivity contribution in [2.45, 2.75) is 13.8 Å². The number of ether oxygens (including phenoxy) is 1. The largest absolute Gasteiger partial charge is 0.494 e. The number of carbonyl (C=O) groups is 1. The Bertz CT molecular complexity index is 1060. The molecule has 6 nitrogen and oxygen atoms in total. The van der Waals surface area contributed by atoms with Gasteiger partial charge in [-0.1, -0.05) is 29.5 Å². The molecule has 3 aromatic rings. The number of rotatable bonds is 5. The first-order chi connectivity index (χ1) is 14.5. The van der Waals surface area contributed by atoms with Gasteiger partial charge in [-0.05, 0) is 43.2 Å². The number of para-hydroxylation sites is 1. The van der Waals surface area contributed by atoms with Crippen LogP contribution in [0.1, 0.15) is 11.1 Å². The van der Waals surface area contributed by atoms with Gasteiger partial charge in [0, 0.05) is 38.9 Å². The Kier molecular flexibility index (Phi) is 5.81. The molecule has 1 saturated heterocycles. The molecule has 7 heteroatoms. The number of hydrogen-bond donors (Lipinski definition) is 0. The number of benzene rings is 2. The molecule has 1 amide bonds. The predicted molar refractivity (Wildman–Crippen MR) is 124 cm³/mol. The third kappa shape index (κ3) is 4.07. The normalized spacial score (nSPS) is 14.3. The molecule has 158 valence electrons. The highest BCUT2D eigenvalue weighted by atomic mass is 32.1. The van der Waals surface area contributed by atoms with Gasteiger partial charge in [0.15, 0.2) is 5.13 Å². The summed E-state index contributed by atoms with van der Waals surface area (Å²) in [5.74, 6) is 0.904. The minimum atomic E-state index is 0.143. The van der Waals surface area contributed by atoms with Crippen LogP contribution in [0.5, 0.6) is 5.75 Å². The Morgan fingerprint density at radius 1 is 1.17 bits per heavy atom. The highest BCUT2D eigenvalue weighted by Crippen LogP contribution is 2.33. The standard InChI is InChI=1S/C23H28N4O2S/c1-16-8-9-17(2)18(14-16)26-10-12-27(13-11-26)21(28)15-25(3)23-24-22-19(29-4)6-5-7-20(22)30-23/h5-9,14H,10-13,15H2,1-4H3. The molecule has 1 aromatic heterocycles. The van der Waals surface area contributed by atoms with Crippen molar-refractivity contribution in [1.29, 1.82) is 0 Å². The highest BCUT2D eigenvalue weighted by Gasteiger charge is 2.24. The van der Waals surface area contributed by atoms with E-state index in [9.17, 15) is 4.79 Å². The molecule has 4 rings (SSSR count). The van der Waals surface area contributed by atoms with Crippen LogP contribution < -0.4 is 14.5 Å². The first-order valence-corrected chi connectivity index (χ1v) is 11.0. The molecule has 2 aromatic carbocycles. The number of piperazine rings is 1. The van der Waals surface area contributed by atoms with Crippen LogP contribution in [0.2, 0.25) is 0 Å². The van der Waals surface area contributed by atoms with E-state index in [1.54, 1.807) is 18.4 Å². The number of fused-ring (bicyclic) bond motifs is 1. The maximum Gasteiger partial charge on any atom is 0.242 e. The Balaban J connectivity index is 1.38. The van der Waals surface area contributed by atoms with Crippen LogP contribution in [0.25, 0.3) is 10.2 Å². The van der Waals surface area contributed by atoms with Crippen LogP contribution >= 0.6 is 11.3 Å². The van der Waals surface area contributed by atoms with E-state index in [1.165, 1.54) is 16.8 Å². The zero-order valence-electron chi connectivity index (χ0n) is 18.0. The Morgan fingerprint density at radius 3 is 2.67 bits per heavy atom. The maximum atomic E-state index is 12.9. The monoisotopic (exact) mass is 424 g/mol. The lowest BCUT2D eigenvalue weighted by atomic mass is 10.1. The molecule has 0 aliphatic carbocycles. The van der Waals surface area contributed by atoms with Crippen LogP contribution in [0.15, 0.2) is 36.4 Å². The van der Waals surface area contributed by atoms with E-state index >= 15 is 0 Å². The van der Waals surface area contributed by atoms with Crippen LogP contribution in [-0.2, 0) is 4.79 Å². The zero-order chi connectivity index (χ0) is 21.3. The van der Waals surface area contributed by atoms with Crippen molar-refractivity contribution in [3.05, 3.63) is 47.5 Å². The van der Waals surface area contributed by atoms with Crippen molar-refractivity contribution in [2.75, 3.05) is 56.7 Å².